The molecule has 0 fully saturated rings. The summed E-state index contributed by atoms with van der Waals surface area (Å²) in [5.74, 6) is 0. The first-order valence-corrected chi connectivity index (χ1v) is 40.5. The Morgan fingerprint density at radius 2 is 0.322 bits per heavy atom. The van der Waals surface area contributed by atoms with Crippen molar-refractivity contribution < 1.29 is 13.3 Å². The number of benzene rings is 18. The van der Waals surface area contributed by atoms with E-state index in [1.807, 2.05) is 41.7 Å². The molecule has 0 amide bonds. The Morgan fingerprint density at radius 3 is 0.576 bits per heavy atom. The Labute approximate surface area is 686 Å². The van der Waals surface area contributed by atoms with Crippen LogP contribution < -0.4 is 29.4 Å². The van der Waals surface area contributed by atoms with E-state index in [2.05, 4.69) is 448 Å². The molecule has 0 saturated carbocycles. The number of hydrogen-bond donors (Lipinski definition) is 0. The molecule has 0 unspecified atom stereocenters. The highest BCUT2D eigenvalue weighted by atomic mass is 32.1. The van der Waals surface area contributed by atoms with E-state index in [1.165, 1.54) is 20.2 Å². The lowest BCUT2D eigenvalue weighted by molar-refractivity contribution is 0.668. The van der Waals surface area contributed by atoms with Gasteiger partial charge in [-0.3, -0.25) is 0 Å². The predicted octanol–water partition coefficient (Wildman–Crippen LogP) is 32.3. The van der Waals surface area contributed by atoms with Crippen molar-refractivity contribution in [2.75, 3.05) is 29.4 Å². The topological polar surface area (TPSA) is 58.9 Å². The minimum Gasteiger partial charge on any atom is -0.456 e. The molecule has 0 spiro atoms. The zero-order chi connectivity index (χ0) is 78.2. The summed E-state index contributed by atoms with van der Waals surface area (Å²) in [6, 6.07) is 158. The molecule has 0 atom stereocenters. The van der Waals surface area contributed by atoms with Crippen LogP contribution in [0.15, 0.2) is 462 Å². The first-order chi connectivity index (χ1) is 58.5. The van der Waals surface area contributed by atoms with Gasteiger partial charge in [-0.05, 0) is 243 Å². The van der Waals surface area contributed by atoms with E-state index < -0.39 is 0 Å². The van der Waals surface area contributed by atoms with Crippen molar-refractivity contribution in [2.45, 2.75) is 0 Å². The molecular weight excluding hydrogens is 1460 g/mol. The third-order valence-corrected chi connectivity index (χ3v) is 23.1. The highest BCUT2D eigenvalue weighted by Gasteiger charge is 2.25. The van der Waals surface area contributed by atoms with Crippen molar-refractivity contribution in [2.24, 2.45) is 0 Å². The minimum atomic E-state index is 0.820. The zero-order valence-electron chi connectivity index (χ0n) is 64.0. The Morgan fingerprint density at radius 1 is 0.127 bits per heavy atom. The fraction of sp³-hybridized carbons (Fsp3) is 0. The van der Waals surface area contributed by atoms with Gasteiger partial charge in [-0.2, -0.15) is 0 Å². The maximum atomic E-state index is 6.62. The summed E-state index contributed by atoms with van der Waals surface area (Å²) >= 11 is 1.83. The van der Waals surface area contributed by atoms with Gasteiger partial charge < -0.3 is 42.7 Å². The second-order valence-electron chi connectivity index (χ2n) is 29.2. The van der Waals surface area contributed by atoms with Gasteiger partial charge in [0.1, 0.15) is 33.5 Å². The van der Waals surface area contributed by atoms with Crippen LogP contribution in [0.25, 0.3) is 86.0 Å². The van der Waals surface area contributed by atoms with E-state index in [1.54, 1.807) is 0 Å². The second kappa shape index (κ2) is 30.7. The van der Waals surface area contributed by atoms with Gasteiger partial charge in [0.25, 0.3) is 0 Å². The van der Waals surface area contributed by atoms with Crippen LogP contribution in [0.1, 0.15) is 0 Å². The maximum Gasteiger partial charge on any atom is 0.137 e. The van der Waals surface area contributed by atoms with Crippen LogP contribution in [0.2, 0.25) is 0 Å². The van der Waals surface area contributed by atoms with E-state index in [9.17, 15) is 0 Å². The molecule has 0 radical (unpaired) electrons. The summed E-state index contributed by atoms with van der Waals surface area (Å²) in [6.07, 6.45) is 0. The largest absolute Gasteiger partial charge is 0.456 e. The molecule has 0 saturated heterocycles. The SMILES string of the molecule is c1ccc(N(c2ccc3c(c2)oc2ccc(N(c4ccccc4)c4ccccc4)cc23)c2ccc3c(c2)oc2ccc(N(c4ccccc4)c4ccccc4)cc23)cc1.c1ccc(N(c2ccc3c(c2)oc2ccc(N(c4ccccc4)c4ccccc4)cc23)c2ccc3c(c2)sc2ccc(N(c4ccccc4)c4ccccc4)cc23)cc1. The number of fused-ring (bicyclic) bond motifs is 12. The van der Waals surface area contributed by atoms with Gasteiger partial charge in [-0.25, -0.2) is 0 Å². The molecule has 0 N–H and O–H groups in total. The highest BCUT2D eigenvalue weighted by Crippen LogP contribution is 2.49. The van der Waals surface area contributed by atoms with Crippen molar-refractivity contribution in [1.29, 1.82) is 0 Å². The molecule has 18 aromatic carbocycles. The van der Waals surface area contributed by atoms with Gasteiger partial charge in [0.2, 0.25) is 0 Å². The van der Waals surface area contributed by atoms with Crippen LogP contribution >= 0.6 is 11.3 Å². The highest BCUT2D eigenvalue weighted by molar-refractivity contribution is 7.25. The van der Waals surface area contributed by atoms with Gasteiger partial charge in [0, 0.05) is 173 Å². The van der Waals surface area contributed by atoms with Crippen molar-refractivity contribution in [1.82, 2.24) is 0 Å². The third-order valence-electron chi connectivity index (χ3n) is 22.0. The second-order valence-corrected chi connectivity index (χ2v) is 30.3. The normalized spacial score (nSPS) is 11.4. The summed E-state index contributed by atoms with van der Waals surface area (Å²) in [5, 5.41) is 8.90. The summed E-state index contributed by atoms with van der Waals surface area (Å²) in [5.41, 5.74) is 24.4. The first kappa shape index (κ1) is 70.3. The van der Waals surface area contributed by atoms with Gasteiger partial charge in [-0.15, -0.1) is 11.3 Å². The monoisotopic (exact) mass is 1530 g/mol. The van der Waals surface area contributed by atoms with E-state index in [0.717, 1.165) is 168 Å². The average molecular weight is 1540 g/mol. The number of thiophene rings is 1. The van der Waals surface area contributed by atoms with E-state index in [4.69, 9.17) is 13.3 Å². The average Bonchev–Trinajstić information content (AvgIpc) is 1.63. The molecule has 10 heteroatoms. The van der Waals surface area contributed by atoms with E-state index in [0.29, 0.717) is 0 Å². The van der Waals surface area contributed by atoms with Crippen LogP contribution in [0.5, 0.6) is 0 Å². The zero-order valence-corrected chi connectivity index (χ0v) is 64.9. The van der Waals surface area contributed by atoms with Gasteiger partial charge in [0.05, 0.1) is 0 Å². The minimum absolute atomic E-state index is 0.820. The summed E-state index contributed by atoms with van der Waals surface area (Å²) in [6.45, 7) is 0. The van der Waals surface area contributed by atoms with Gasteiger partial charge in [0.15, 0.2) is 0 Å². The van der Waals surface area contributed by atoms with Crippen molar-refractivity contribution in [3.63, 3.8) is 0 Å². The van der Waals surface area contributed by atoms with E-state index >= 15 is 0 Å². The maximum absolute atomic E-state index is 6.62. The molecule has 0 bridgehead atoms. The van der Waals surface area contributed by atoms with Crippen LogP contribution in [-0.2, 0) is 0 Å². The van der Waals surface area contributed by atoms with E-state index in [-0.39, 0.29) is 0 Å². The fourth-order valence-electron chi connectivity index (χ4n) is 16.6. The smallest absolute Gasteiger partial charge is 0.137 e. The molecule has 0 aliphatic carbocycles. The molecular formula is C108H74N6O3S. The number of rotatable bonds is 18. The molecule has 0 aliphatic rings. The Bertz CT molecular complexity index is 6320. The summed E-state index contributed by atoms with van der Waals surface area (Å²) < 4.78 is 22.3. The molecule has 22 aromatic rings. The van der Waals surface area contributed by atoms with Gasteiger partial charge in [-0.1, -0.05) is 188 Å². The molecule has 22 rings (SSSR count). The molecule has 4 heterocycles. The number of anilines is 18. The number of nitrogens with zero attached hydrogens (tertiary/aromatic N) is 6. The van der Waals surface area contributed by atoms with Crippen molar-refractivity contribution in [3.05, 3.63) is 449 Å². The van der Waals surface area contributed by atoms with Crippen LogP contribution in [-0.4, -0.2) is 0 Å². The molecule has 4 aromatic heterocycles. The molecule has 560 valence electrons. The number of furan rings is 3. The standard InChI is InChI=1S/C54H37N3O2.C54H37N3OS/c1-6-16-38(17-7-1)55(39-18-8-2-9-19-39)43-28-32-51-49(34-43)47-30-26-45(36-53(47)58-51)57(42-24-14-5-15-25-42)46-27-31-48-50-35-44(29-33-52(50)59-54(48)37-46)56(40-20-10-3-11-21-40)41-22-12-4-13-23-41;1-6-16-38(17-7-1)55(39-18-8-2-9-19-39)43-28-32-51-49(34-43)47-30-26-45(36-52(47)58-51)57(42-24-14-5-15-25-42)46-27-31-48-50-35-44(29-33-53(50)59-54(48)37-46)56(40-20-10-3-11-21-40)41-22-12-4-13-23-41/h2*1-37H. The predicted molar refractivity (Wildman–Crippen MR) is 496 cm³/mol. The van der Waals surface area contributed by atoms with Gasteiger partial charge >= 0.3 is 0 Å². The van der Waals surface area contributed by atoms with Crippen LogP contribution in [0.4, 0.5) is 102 Å². The van der Waals surface area contributed by atoms with Crippen LogP contribution in [0.3, 0.4) is 0 Å². The lowest BCUT2D eigenvalue weighted by atomic mass is 10.1. The summed E-state index contributed by atoms with van der Waals surface area (Å²) in [4.78, 5) is 13.8. The Balaban J connectivity index is 0.000000147. The van der Waals surface area contributed by atoms with Crippen molar-refractivity contribution in [3.8, 4) is 0 Å². The Hall–Kier alpha value is -15.6. The number of hydrogen-bond acceptors (Lipinski definition) is 10. The van der Waals surface area contributed by atoms with Crippen molar-refractivity contribution >= 4 is 200 Å². The first-order valence-electron chi connectivity index (χ1n) is 39.7. The summed E-state index contributed by atoms with van der Waals surface area (Å²) in [7, 11) is 0. The van der Waals surface area contributed by atoms with Crippen LogP contribution in [0, 0.1) is 0 Å². The molecule has 118 heavy (non-hydrogen) atoms. The lowest BCUT2D eigenvalue weighted by Crippen LogP contribution is -2.09. The Kier molecular flexibility index (Phi) is 18.3. The lowest BCUT2D eigenvalue weighted by Gasteiger charge is -2.26. The molecule has 0 aliphatic heterocycles. The fourth-order valence-corrected chi connectivity index (χ4v) is 17.7. The molecule has 9 nitrogen and oxygen atoms in total. The quantitative estimate of drug-likeness (QED) is 0.0836. The third kappa shape index (κ3) is 13.4. The number of para-hydroxylation sites is 10.